The molecule has 3 nitrogen and oxygen atoms in total. The molecule has 0 unspecified atom stereocenters. The van der Waals surface area contributed by atoms with E-state index in [0.717, 1.165) is 36.0 Å². The van der Waals surface area contributed by atoms with Crippen LogP contribution in [0.2, 0.25) is 0 Å². The number of ketones is 1. The summed E-state index contributed by atoms with van der Waals surface area (Å²) in [5, 5.41) is 0.935. The number of carbonyl (C=O) groups excluding carboxylic acids is 1. The highest BCUT2D eigenvalue weighted by Crippen LogP contribution is 2.41. The molecule has 0 N–H and O–H groups in total. The van der Waals surface area contributed by atoms with Crippen molar-refractivity contribution in [1.82, 2.24) is 4.57 Å². The third kappa shape index (κ3) is 2.39. The molecule has 1 saturated carbocycles. The Morgan fingerprint density at radius 3 is 2.55 bits per heavy atom. The number of carbonyl (C=O) groups is 1. The molecular formula is C16H20BrNO2. The van der Waals surface area contributed by atoms with Crippen LogP contribution in [0.4, 0.5) is 0 Å². The highest BCUT2D eigenvalue weighted by atomic mass is 79.9. The lowest BCUT2D eigenvalue weighted by molar-refractivity contribution is 0.0969. The highest BCUT2D eigenvalue weighted by Gasteiger charge is 2.34. The topological polar surface area (TPSA) is 39.1 Å². The summed E-state index contributed by atoms with van der Waals surface area (Å²) in [5.41, 5.74) is 1.99. The van der Waals surface area contributed by atoms with E-state index in [4.69, 9.17) is 0 Å². The predicted octanol–water partition coefficient (Wildman–Crippen LogP) is 3.32. The molecule has 1 fully saturated rings. The van der Waals surface area contributed by atoms with E-state index in [1.807, 2.05) is 4.57 Å². The molecule has 0 atom stereocenters. The Morgan fingerprint density at radius 1 is 1.10 bits per heavy atom. The van der Waals surface area contributed by atoms with E-state index in [0.29, 0.717) is 6.42 Å². The van der Waals surface area contributed by atoms with Crippen LogP contribution in [0.15, 0.2) is 16.9 Å². The maximum atomic E-state index is 12.3. The minimum absolute atomic E-state index is 0.0469. The van der Waals surface area contributed by atoms with Gasteiger partial charge >= 0.3 is 0 Å². The standard InChI is InChI=1S/C16H20BrNO2/c17-10-16(8-1-2-9-16)11-18-13-4-3-5-14(19)12(13)6-7-15(18)20/h6-7H,1-5,8-11H2. The Balaban J connectivity index is 2.03. The molecule has 4 heteroatoms. The van der Waals surface area contributed by atoms with Gasteiger partial charge in [0.2, 0.25) is 0 Å². The van der Waals surface area contributed by atoms with Crippen molar-refractivity contribution in [2.24, 2.45) is 5.41 Å². The highest BCUT2D eigenvalue weighted by molar-refractivity contribution is 9.09. The summed E-state index contributed by atoms with van der Waals surface area (Å²) in [6, 6.07) is 3.30. The van der Waals surface area contributed by atoms with Gasteiger partial charge in [-0.15, -0.1) is 0 Å². The Bertz CT molecular complexity index is 585. The fourth-order valence-corrected chi connectivity index (χ4v) is 4.40. The minimum Gasteiger partial charge on any atom is -0.311 e. The lowest BCUT2D eigenvalue weighted by Gasteiger charge is -2.30. The first-order valence-corrected chi connectivity index (χ1v) is 8.59. The van der Waals surface area contributed by atoms with Crippen LogP contribution in [0, 0.1) is 5.41 Å². The van der Waals surface area contributed by atoms with Gasteiger partial charge in [0.1, 0.15) is 0 Å². The molecule has 0 saturated heterocycles. The molecule has 0 radical (unpaired) electrons. The van der Waals surface area contributed by atoms with Crippen molar-refractivity contribution in [2.45, 2.75) is 51.5 Å². The molecule has 0 spiro atoms. The normalized spacial score (nSPS) is 20.9. The summed E-state index contributed by atoms with van der Waals surface area (Å²) in [6.45, 7) is 0.757. The largest absolute Gasteiger partial charge is 0.311 e. The smallest absolute Gasteiger partial charge is 0.250 e. The zero-order valence-corrected chi connectivity index (χ0v) is 13.2. The molecule has 1 aromatic heterocycles. The van der Waals surface area contributed by atoms with Crippen LogP contribution in [0.25, 0.3) is 0 Å². The zero-order chi connectivity index (χ0) is 14.2. The second kappa shape index (κ2) is 5.47. The van der Waals surface area contributed by atoms with E-state index < -0.39 is 0 Å². The van der Waals surface area contributed by atoms with E-state index >= 15 is 0 Å². The molecule has 20 heavy (non-hydrogen) atoms. The summed E-state index contributed by atoms with van der Waals surface area (Å²) in [4.78, 5) is 24.3. The fraction of sp³-hybridized carbons (Fsp3) is 0.625. The molecule has 2 aliphatic rings. The molecule has 3 rings (SSSR count). The van der Waals surface area contributed by atoms with Gasteiger partial charge in [-0.05, 0) is 37.2 Å². The second-order valence-corrected chi connectivity index (χ2v) is 6.80. The van der Waals surface area contributed by atoms with Gasteiger partial charge in [-0.2, -0.15) is 0 Å². The van der Waals surface area contributed by atoms with Crippen LogP contribution in [-0.4, -0.2) is 15.7 Å². The average molecular weight is 338 g/mol. The van der Waals surface area contributed by atoms with Crippen LogP contribution < -0.4 is 5.56 Å². The summed E-state index contributed by atoms with van der Waals surface area (Å²) in [5.74, 6) is 0.194. The van der Waals surface area contributed by atoms with Crippen molar-refractivity contribution in [2.75, 3.05) is 5.33 Å². The molecule has 0 aliphatic heterocycles. The van der Waals surface area contributed by atoms with Gasteiger partial charge < -0.3 is 4.57 Å². The van der Waals surface area contributed by atoms with Gasteiger partial charge in [0.15, 0.2) is 5.78 Å². The van der Waals surface area contributed by atoms with Crippen LogP contribution >= 0.6 is 15.9 Å². The van der Waals surface area contributed by atoms with Crippen LogP contribution in [-0.2, 0) is 13.0 Å². The molecule has 1 aromatic rings. The number of alkyl halides is 1. The van der Waals surface area contributed by atoms with E-state index in [1.165, 1.54) is 25.7 Å². The average Bonchev–Trinajstić information content (AvgIpc) is 2.92. The first-order chi connectivity index (χ1) is 9.65. The molecule has 108 valence electrons. The van der Waals surface area contributed by atoms with E-state index in [-0.39, 0.29) is 16.8 Å². The van der Waals surface area contributed by atoms with Crippen molar-refractivity contribution in [3.63, 3.8) is 0 Å². The summed E-state index contributed by atoms with van der Waals surface area (Å²) in [7, 11) is 0. The van der Waals surface area contributed by atoms with Crippen molar-refractivity contribution in [3.05, 3.63) is 33.7 Å². The predicted molar refractivity (Wildman–Crippen MR) is 82.7 cm³/mol. The monoisotopic (exact) mass is 337 g/mol. The SMILES string of the molecule is O=C1CCCc2c1ccc(=O)n2CC1(CBr)CCCC1. The Hall–Kier alpha value is -0.900. The van der Waals surface area contributed by atoms with Gasteiger partial charge in [-0.1, -0.05) is 28.8 Å². The summed E-state index contributed by atoms with van der Waals surface area (Å²) in [6.07, 6.45) is 7.17. The molecule has 2 aliphatic carbocycles. The fourth-order valence-electron chi connectivity index (χ4n) is 3.66. The maximum Gasteiger partial charge on any atom is 0.250 e. The maximum absolute atomic E-state index is 12.3. The molecular weight excluding hydrogens is 318 g/mol. The van der Waals surface area contributed by atoms with Crippen LogP contribution in [0.1, 0.15) is 54.6 Å². The Labute approximate surface area is 127 Å². The molecule has 0 bridgehead atoms. The van der Waals surface area contributed by atoms with E-state index in [9.17, 15) is 9.59 Å². The second-order valence-electron chi connectivity index (χ2n) is 6.24. The summed E-state index contributed by atoms with van der Waals surface area (Å²) < 4.78 is 1.89. The minimum atomic E-state index is 0.0469. The van der Waals surface area contributed by atoms with Crippen LogP contribution in [0.5, 0.6) is 0 Å². The van der Waals surface area contributed by atoms with Gasteiger partial charge in [0, 0.05) is 35.6 Å². The number of nitrogens with zero attached hydrogens (tertiary/aromatic N) is 1. The quantitative estimate of drug-likeness (QED) is 0.793. The first kappa shape index (κ1) is 14.1. The van der Waals surface area contributed by atoms with E-state index in [2.05, 4.69) is 15.9 Å². The number of hydrogen-bond acceptors (Lipinski definition) is 2. The zero-order valence-electron chi connectivity index (χ0n) is 11.7. The number of halogens is 1. The Morgan fingerprint density at radius 2 is 1.85 bits per heavy atom. The van der Waals surface area contributed by atoms with Gasteiger partial charge in [0.05, 0.1) is 0 Å². The lowest BCUT2D eigenvalue weighted by atomic mass is 9.87. The van der Waals surface area contributed by atoms with Crippen molar-refractivity contribution in [3.8, 4) is 0 Å². The first-order valence-electron chi connectivity index (χ1n) is 7.47. The number of rotatable bonds is 3. The van der Waals surface area contributed by atoms with Crippen molar-refractivity contribution in [1.29, 1.82) is 0 Å². The number of hydrogen-bond donors (Lipinski definition) is 0. The van der Waals surface area contributed by atoms with Crippen molar-refractivity contribution >= 4 is 21.7 Å². The van der Waals surface area contributed by atoms with Gasteiger partial charge in [0.25, 0.3) is 5.56 Å². The van der Waals surface area contributed by atoms with Crippen LogP contribution in [0.3, 0.4) is 0 Å². The number of aromatic nitrogens is 1. The number of Topliss-reactive ketones (excluding diaryl/α,β-unsaturated/α-hetero) is 1. The summed E-state index contributed by atoms with van der Waals surface area (Å²) >= 11 is 3.64. The third-order valence-electron chi connectivity index (χ3n) is 4.85. The Kier molecular flexibility index (Phi) is 3.85. The number of pyridine rings is 1. The van der Waals surface area contributed by atoms with Gasteiger partial charge in [-0.25, -0.2) is 0 Å². The van der Waals surface area contributed by atoms with E-state index in [1.54, 1.807) is 12.1 Å². The molecule has 0 amide bonds. The number of fused-ring (bicyclic) bond motifs is 1. The molecule has 0 aromatic carbocycles. The lowest BCUT2D eigenvalue weighted by Crippen LogP contribution is -2.35. The van der Waals surface area contributed by atoms with Crippen molar-refractivity contribution < 1.29 is 4.79 Å². The molecule has 1 heterocycles. The third-order valence-corrected chi connectivity index (χ3v) is 6.04. The van der Waals surface area contributed by atoms with Gasteiger partial charge in [-0.3, -0.25) is 9.59 Å².